The van der Waals surface area contributed by atoms with Gasteiger partial charge in [-0.1, -0.05) is 0 Å². The third kappa shape index (κ3) is 2.72. The summed E-state index contributed by atoms with van der Waals surface area (Å²) in [5.74, 6) is 1.29. The Kier molecular flexibility index (Phi) is 4.84. The summed E-state index contributed by atoms with van der Waals surface area (Å²) in [4.78, 5) is 12.5. The fraction of sp³-hybridized carbons (Fsp3) is 0.533. The van der Waals surface area contributed by atoms with E-state index in [0.29, 0.717) is 29.4 Å². The number of benzene rings is 1. The van der Waals surface area contributed by atoms with Crippen molar-refractivity contribution in [3.63, 3.8) is 0 Å². The van der Waals surface area contributed by atoms with E-state index in [0.717, 1.165) is 19.3 Å². The fourth-order valence-electron chi connectivity index (χ4n) is 2.42. The largest absolute Gasteiger partial charge is 0.493 e. The van der Waals surface area contributed by atoms with Gasteiger partial charge < -0.3 is 18.9 Å². The van der Waals surface area contributed by atoms with Gasteiger partial charge in [0.2, 0.25) is 5.75 Å². The summed E-state index contributed by atoms with van der Waals surface area (Å²) in [6.07, 6.45) is 2.37. The smallest absolute Gasteiger partial charge is 0.204 e. The molecule has 2 rings (SSSR count). The highest BCUT2D eigenvalue weighted by Crippen LogP contribution is 2.40. The van der Waals surface area contributed by atoms with E-state index in [9.17, 15) is 4.79 Å². The van der Waals surface area contributed by atoms with Gasteiger partial charge >= 0.3 is 0 Å². The molecule has 1 aliphatic heterocycles. The lowest BCUT2D eigenvalue weighted by molar-refractivity contribution is 0.0184. The molecular formula is C15H20O5. The number of carbonyl (C=O) groups is 1. The zero-order valence-corrected chi connectivity index (χ0v) is 12.1. The van der Waals surface area contributed by atoms with Gasteiger partial charge in [0.05, 0.1) is 26.9 Å². The van der Waals surface area contributed by atoms with Crippen molar-refractivity contribution in [2.75, 3.05) is 27.9 Å². The Morgan fingerprint density at radius 3 is 2.40 bits per heavy atom. The summed E-state index contributed by atoms with van der Waals surface area (Å²) < 4.78 is 21.4. The number of rotatable bonds is 5. The van der Waals surface area contributed by atoms with Crippen LogP contribution in [0.1, 0.15) is 29.6 Å². The molecule has 1 saturated heterocycles. The van der Waals surface area contributed by atoms with Crippen LogP contribution in [-0.2, 0) is 4.74 Å². The predicted octanol–water partition coefficient (Wildman–Crippen LogP) is 2.46. The Balaban J connectivity index is 2.37. The van der Waals surface area contributed by atoms with Gasteiger partial charge in [-0.05, 0) is 31.4 Å². The summed E-state index contributed by atoms with van der Waals surface area (Å²) in [7, 11) is 4.57. The van der Waals surface area contributed by atoms with Crippen LogP contribution in [0.15, 0.2) is 12.1 Å². The first-order chi connectivity index (χ1) is 9.72. The minimum atomic E-state index is -0.393. The van der Waals surface area contributed by atoms with E-state index in [2.05, 4.69) is 0 Å². The molecule has 1 atom stereocenters. The number of methoxy groups -OCH3 is 3. The molecule has 20 heavy (non-hydrogen) atoms. The number of Topliss-reactive ketones (excluding diaryl/α,β-unsaturated/α-hetero) is 1. The first kappa shape index (κ1) is 14.7. The van der Waals surface area contributed by atoms with Gasteiger partial charge in [0.25, 0.3) is 0 Å². The van der Waals surface area contributed by atoms with Crippen molar-refractivity contribution >= 4 is 5.78 Å². The van der Waals surface area contributed by atoms with Crippen molar-refractivity contribution in [3.8, 4) is 17.2 Å². The van der Waals surface area contributed by atoms with Crippen molar-refractivity contribution in [1.29, 1.82) is 0 Å². The lowest BCUT2D eigenvalue weighted by Crippen LogP contribution is -2.28. The molecule has 110 valence electrons. The molecule has 1 fully saturated rings. The van der Waals surface area contributed by atoms with E-state index in [1.54, 1.807) is 19.2 Å². The maximum atomic E-state index is 12.5. The topological polar surface area (TPSA) is 54.0 Å². The molecule has 0 aromatic heterocycles. The highest BCUT2D eigenvalue weighted by Gasteiger charge is 2.28. The standard InChI is InChI=1S/C15H20O5/c1-17-12-8-7-10(14(18-2)15(12)19-3)13(16)11-6-4-5-9-20-11/h7-8,11H,4-6,9H2,1-3H3. The van der Waals surface area contributed by atoms with Gasteiger partial charge in [0.15, 0.2) is 17.3 Å². The van der Waals surface area contributed by atoms with E-state index >= 15 is 0 Å². The number of hydrogen-bond acceptors (Lipinski definition) is 5. The highest BCUT2D eigenvalue weighted by molar-refractivity contribution is 6.03. The van der Waals surface area contributed by atoms with Crippen LogP contribution in [0.4, 0.5) is 0 Å². The molecule has 0 bridgehead atoms. The van der Waals surface area contributed by atoms with Gasteiger partial charge in [-0.25, -0.2) is 0 Å². The van der Waals surface area contributed by atoms with Crippen molar-refractivity contribution in [3.05, 3.63) is 17.7 Å². The average Bonchev–Trinajstić information content (AvgIpc) is 2.53. The highest BCUT2D eigenvalue weighted by atomic mass is 16.5. The summed E-state index contributed by atoms with van der Waals surface area (Å²) in [5.41, 5.74) is 0.469. The molecule has 0 N–H and O–H groups in total. The monoisotopic (exact) mass is 280 g/mol. The fourth-order valence-corrected chi connectivity index (χ4v) is 2.42. The van der Waals surface area contributed by atoms with Crippen LogP contribution in [0, 0.1) is 0 Å². The van der Waals surface area contributed by atoms with Crippen LogP contribution in [-0.4, -0.2) is 39.8 Å². The Morgan fingerprint density at radius 1 is 1.10 bits per heavy atom. The molecular weight excluding hydrogens is 260 g/mol. The van der Waals surface area contributed by atoms with Crippen molar-refractivity contribution in [2.45, 2.75) is 25.4 Å². The first-order valence-electron chi connectivity index (χ1n) is 6.67. The lowest BCUT2D eigenvalue weighted by atomic mass is 9.98. The molecule has 5 heteroatoms. The van der Waals surface area contributed by atoms with Crippen LogP contribution in [0.25, 0.3) is 0 Å². The number of ketones is 1. The maximum Gasteiger partial charge on any atom is 0.204 e. The molecule has 1 aliphatic rings. The van der Waals surface area contributed by atoms with Gasteiger partial charge in [0.1, 0.15) is 6.10 Å². The molecule has 0 radical (unpaired) electrons. The van der Waals surface area contributed by atoms with Crippen LogP contribution in [0.5, 0.6) is 17.2 Å². The Hall–Kier alpha value is -1.75. The second-order valence-electron chi connectivity index (χ2n) is 4.60. The summed E-state index contributed by atoms with van der Waals surface area (Å²) in [5, 5.41) is 0. The summed E-state index contributed by atoms with van der Waals surface area (Å²) in [6, 6.07) is 3.40. The molecule has 1 unspecified atom stereocenters. The summed E-state index contributed by atoms with van der Waals surface area (Å²) in [6.45, 7) is 0.631. The molecule has 0 amide bonds. The maximum absolute atomic E-state index is 12.5. The quantitative estimate of drug-likeness (QED) is 0.775. The minimum absolute atomic E-state index is 0.0671. The van der Waals surface area contributed by atoms with Gasteiger partial charge in [-0.15, -0.1) is 0 Å². The zero-order valence-electron chi connectivity index (χ0n) is 12.1. The molecule has 1 heterocycles. The average molecular weight is 280 g/mol. The van der Waals surface area contributed by atoms with Crippen molar-refractivity contribution in [2.24, 2.45) is 0 Å². The molecule has 5 nitrogen and oxygen atoms in total. The lowest BCUT2D eigenvalue weighted by Gasteiger charge is -2.23. The second-order valence-corrected chi connectivity index (χ2v) is 4.60. The van der Waals surface area contributed by atoms with Crippen LogP contribution >= 0.6 is 0 Å². The molecule has 1 aromatic carbocycles. The zero-order chi connectivity index (χ0) is 14.5. The first-order valence-corrected chi connectivity index (χ1v) is 6.67. The number of carbonyl (C=O) groups excluding carboxylic acids is 1. The minimum Gasteiger partial charge on any atom is -0.493 e. The molecule has 1 aromatic rings. The summed E-state index contributed by atoms with van der Waals surface area (Å²) >= 11 is 0. The third-order valence-corrected chi connectivity index (χ3v) is 3.44. The molecule has 0 aliphatic carbocycles. The molecule has 0 spiro atoms. The van der Waals surface area contributed by atoms with Crippen molar-refractivity contribution < 1.29 is 23.7 Å². The Labute approximate surface area is 118 Å². The van der Waals surface area contributed by atoms with E-state index in [1.165, 1.54) is 14.2 Å². The normalized spacial score (nSPS) is 18.4. The van der Waals surface area contributed by atoms with Crippen LogP contribution in [0.3, 0.4) is 0 Å². The SMILES string of the molecule is COc1ccc(C(=O)C2CCCCO2)c(OC)c1OC. The van der Waals surface area contributed by atoms with E-state index in [1.807, 2.05) is 0 Å². The Bertz CT molecular complexity index is 477. The van der Waals surface area contributed by atoms with Crippen LogP contribution in [0.2, 0.25) is 0 Å². The van der Waals surface area contributed by atoms with E-state index in [-0.39, 0.29) is 5.78 Å². The molecule has 0 saturated carbocycles. The Morgan fingerprint density at radius 2 is 1.85 bits per heavy atom. The third-order valence-electron chi connectivity index (χ3n) is 3.44. The predicted molar refractivity (Wildman–Crippen MR) is 74.0 cm³/mol. The van der Waals surface area contributed by atoms with Gasteiger partial charge in [0, 0.05) is 6.61 Å². The van der Waals surface area contributed by atoms with Gasteiger partial charge in [-0.2, -0.15) is 0 Å². The number of hydrogen-bond donors (Lipinski definition) is 0. The second kappa shape index (κ2) is 6.61. The number of ether oxygens (including phenoxy) is 4. The van der Waals surface area contributed by atoms with E-state index < -0.39 is 6.10 Å². The van der Waals surface area contributed by atoms with Crippen LogP contribution < -0.4 is 14.2 Å². The van der Waals surface area contributed by atoms with Gasteiger partial charge in [-0.3, -0.25) is 4.79 Å². The van der Waals surface area contributed by atoms with E-state index in [4.69, 9.17) is 18.9 Å². The van der Waals surface area contributed by atoms with Crippen molar-refractivity contribution in [1.82, 2.24) is 0 Å².